The number of thiocarbonyl (C=S) groups is 1. The van der Waals surface area contributed by atoms with Gasteiger partial charge in [0.25, 0.3) is 5.91 Å². The zero-order valence-electron chi connectivity index (χ0n) is 17.6. The van der Waals surface area contributed by atoms with Gasteiger partial charge in [0.2, 0.25) is 10.9 Å². The molecule has 9 nitrogen and oxygen atoms in total. The fourth-order valence-corrected chi connectivity index (χ4v) is 4.10. The van der Waals surface area contributed by atoms with Gasteiger partial charge in [-0.15, -0.1) is 0 Å². The third-order valence-corrected chi connectivity index (χ3v) is 5.63. The Balaban J connectivity index is 1.56. The maximum atomic E-state index is 13.0. The van der Waals surface area contributed by atoms with Crippen molar-refractivity contribution in [3.8, 4) is 11.5 Å². The summed E-state index contributed by atoms with van der Waals surface area (Å²) in [5.74, 6) is 0.370. The van der Waals surface area contributed by atoms with Crippen LogP contribution in [0.15, 0.2) is 67.5 Å². The molecule has 1 fully saturated rings. The van der Waals surface area contributed by atoms with Crippen LogP contribution in [0.3, 0.4) is 0 Å². The molecule has 10 heteroatoms. The number of hydrazone groups is 1. The molecule has 0 atom stereocenters. The second kappa shape index (κ2) is 8.06. The quantitative estimate of drug-likeness (QED) is 0.328. The van der Waals surface area contributed by atoms with Crippen LogP contribution < -0.4 is 19.8 Å². The molecule has 33 heavy (non-hydrogen) atoms. The molecule has 2 aromatic carbocycles. The SMILES string of the molecule is COc1c2occc2c(OC)c2c(=O)cc(/C=N/N3C(=O)CN(c4ccccc4)C3=S)oc12. The van der Waals surface area contributed by atoms with Gasteiger partial charge in [-0.05, 0) is 30.4 Å². The first-order valence-corrected chi connectivity index (χ1v) is 10.3. The van der Waals surface area contributed by atoms with Crippen LogP contribution in [0, 0.1) is 0 Å². The van der Waals surface area contributed by atoms with Crippen LogP contribution in [-0.2, 0) is 4.79 Å². The highest BCUT2D eigenvalue weighted by molar-refractivity contribution is 7.80. The monoisotopic (exact) mass is 463 g/mol. The number of hydrogen-bond acceptors (Lipinski definition) is 8. The van der Waals surface area contributed by atoms with Crippen LogP contribution in [0.5, 0.6) is 11.5 Å². The van der Waals surface area contributed by atoms with Crippen LogP contribution in [0.1, 0.15) is 5.76 Å². The maximum absolute atomic E-state index is 13.0. The number of amides is 1. The average molecular weight is 463 g/mol. The van der Waals surface area contributed by atoms with E-state index in [1.807, 2.05) is 30.3 Å². The Morgan fingerprint density at radius 3 is 2.55 bits per heavy atom. The van der Waals surface area contributed by atoms with Crippen molar-refractivity contribution in [2.75, 3.05) is 25.7 Å². The molecular formula is C23H17N3O6S. The van der Waals surface area contributed by atoms with Crippen molar-refractivity contribution >= 4 is 57.1 Å². The largest absolute Gasteiger partial charge is 0.495 e. The molecule has 1 amide bonds. The molecule has 0 saturated carbocycles. The first-order valence-electron chi connectivity index (χ1n) is 9.86. The van der Waals surface area contributed by atoms with E-state index < -0.39 is 0 Å². The van der Waals surface area contributed by atoms with Gasteiger partial charge in [-0.25, -0.2) is 0 Å². The topological polar surface area (TPSA) is 97.7 Å². The second-order valence-corrected chi connectivity index (χ2v) is 7.47. The van der Waals surface area contributed by atoms with E-state index in [4.69, 9.17) is 30.5 Å². The number of carbonyl (C=O) groups excluding carboxylic acids is 1. The van der Waals surface area contributed by atoms with Crippen molar-refractivity contribution in [1.29, 1.82) is 0 Å². The molecule has 5 rings (SSSR count). The van der Waals surface area contributed by atoms with Crippen molar-refractivity contribution < 1.29 is 23.1 Å². The highest BCUT2D eigenvalue weighted by Crippen LogP contribution is 2.41. The summed E-state index contributed by atoms with van der Waals surface area (Å²) in [6.07, 6.45) is 2.73. The van der Waals surface area contributed by atoms with E-state index in [-0.39, 0.29) is 45.5 Å². The zero-order valence-corrected chi connectivity index (χ0v) is 18.4. The van der Waals surface area contributed by atoms with E-state index in [1.54, 1.807) is 11.0 Å². The van der Waals surface area contributed by atoms with Crippen molar-refractivity contribution in [2.24, 2.45) is 5.10 Å². The van der Waals surface area contributed by atoms with E-state index in [9.17, 15) is 9.59 Å². The second-order valence-electron chi connectivity index (χ2n) is 7.10. The lowest BCUT2D eigenvalue weighted by atomic mass is 10.1. The van der Waals surface area contributed by atoms with Gasteiger partial charge >= 0.3 is 0 Å². The number of anilines is 1. The summed E-state index contributed by atoms with van der Waals surface area (Å²) in [7, 11) is 2.91. The van der Waals surface area contributed by atoms with Crippen LogP contribution in [0.25, 0.3) is 21.9 Å². The zero-order chi connectivity index (χ0) is 23.1. The molecule has 0 aliphatic carbocycles. The number of furan rings is 1. The van der Waals surface area contributed by atoms with Gasteiger partial charge in [-0.1, -0.05) is 18.2 Å². The summed E-state index contributed by atoms with van der Waals surface area (Å²) in [5.41, 5.74) is 0.947. The van der Waals surface area contributed by atoms with Crippen LogP contribution in [0.2, 0.25) is 0 Å². The van der Waals surface area contributed by atoms with Gasteiger partial charge in [0.15, 0.2) is 22.4 Å². The minimum atomic E-state index is -0.364. The molecule has 4 aromatic rings. The van der Waals surface area contributed by atoms with Crippen molar-refractivity contribution in [2.45, 2.75) is 0 Å². The van der Waals surface area contributed by atoms with E-state index in [2.05, 4.69) is 5.10 Å². The van der Waals surface area contributed by atoms with Crippen molar-refractivity contribution in [3.05, 3.63) is 64.7 Å². The van der Waals surface area contributed by atoms with Gasteiger partial charge < -0.3 is 23.2 Å². The Morgan fingerprint density at radius 2 is 1.82 bits per heavy atom. The highest BCUT2D eigenvalue weighted by atomic mass is 32.1. The Kier molecular flexibility index (Phi) is 5.06. The Labute approximate surface area is 192 Å². The Hall–Kier alpha value is -4.18. The molecule has 0 radical (unpaired) electrons. The number of rotatable bonds is 5. The van der Waals surface area contributed by atoms with E-state index in [0.717, 1.165) is 10.7 Å². The van der Waals surface area contributed by atoms with E-state index in [0.29, 0.717) is 16.7 Å². The molecule has 1 aliphatic rings. The number of nitrogens with zero attached hydrogens (tertiary/aromatic N) is 3. The van der Waals surface area contributed by atoms with Gasteiger partial charge in [-0.2, -0.15) is 10.1 Å². The molecule has 1 aliphatic heterocycles. The molecule has 2 aromatic heterocycles. The summed E-state index contributed by atoms with van der Waals surface area (Å²) < 4.78 is 22.4. The number of benzene rings is 2. The van der Waals surface area contributed by atoms with Crippen molar-refractivity contribution in [3.63, 3.8) is 0 Å². The summed E-state index contributed by atoms with van der Waals surface area (Å²) >= 11 is 5.43. The van der Waals surface area contributed by atoms with Gasteiger partial charge in [-0.3, -0.25) is 9.59 Å². The van der Waals surface area contributed by atoms with Crippen LogP contribution >= 0.6 is 12.2 Å². The molecule has 0 N–H and O–H groups in total. The fourth-order valence-electron chi connectivity index (χ4n) is 3.78. The summed E-state index contributed by atoms with van der Waals surface area (Å²) in [5, 5.41) is 6.30. The molecule has 1 saturated heterocycles. The van der Waals surface area contributed by atoms with E-state index >= 15 is 0 Å². The van der Waals surface area contributed by atoms with E-state index in [1.165, 1.54) is 32.8 Å². The summed E-state index contributed by atoms with van der Waals surface area (Å²) in [6, 6.07) is 12.2. The molecule has 3 heterocycles. The number of ether oxygens (including phenoxy) is 2. The lowest BCUT2D eigenvalue weighted by Gasteiger charge is -2.17. The van der Waals surface area contributed by atoms with Crippen molar-refractivity contribution in [1.82, 2.24) is 5.01 Å². The predicted octanol–water partition coefficient (Wildman–Crippen LogP) is 3.52. The predicted molar refractivity (Wildman–Crippen MR) is 126 cm³/mol. The molecule has 166 valence electrons. The lowest BCUT2D eigenvalue weighted by Crippen LogP contribution is -2.29. The third-order valence-electron chi connectivity index (χ3n) is 5.23. The highest BCUT2D eigenvalue weighted by Gasteiger charge is 2.33. The Morgan fingerprint density at radius 1 is 1.06 bits per heavy atom. The van der Waals surface area contributed by atoms with Gasteiger partial charge in [0, 0.05) is 11.8 Å². The van der Waals surface area contributed by atoms with Crippen LogP contribution in [-0.4, -0.2) is 43.0 Å². The third kappa shape index (κ3) is 3.31. The van der Waals surface area contributed by atoms with Gasteiger partial charge in [0.05, 0.1) is 32.1 Å². The lowest BCUT2D eigenvalue weighted by molar-refractivity contribution is -0.124. The minimum Gasteiger partial charge on any atom is -0.495 e. The number of methoxy groups -OCH3 is 2. The first kappa shape index (κ1) is 20.7. The Bertz CT molecular complexity index is 1490. The minimum absolute atomic E-state index is 0.0589. The molecule has 0 spiro atoms. The summed E-state index contributed by atoms with van der Waals surface area (Å²) in [6.45, 7) is 0.0589. The molecular weight excluding hydrogens is 446 g/mol. The number of para-hydroxylation sites is 1. The average Bonchev–Trinajstić information content (AvgIpc) is 3.41. The number of hydrogen-bond donors (Lipinski definition) is 0. The number of fused-ring (bicyclic) bond motifs is 2. The standard InChI is InChI=1S/C23H17N3O6S/c1-29-19-15-8-9-31-20(15)22(30-2)21-18(19)16(27)10-14(32-21)11-24-26-17(28)12-25(23(26)33)13-6-4-3-5-7-13/h3-11H,12H2,1-2H3/b24-11+. The molecule has 0 unspecified atom stereocenters. The first-order chi connectivity index (χ1) is 16.0. The maximum Gasteiger partial charge on any atom is 0.269 e. The summed E-state index contributed by atoms with van der Waals surface area (Å²) in [4.78, 5) is 27.2. The number of carbonyl (C=O) groups is 1. The normalized spacial score (nSPS) is 14.2. The van der Waals surface area contributed by atoms with Gasteiger partial charge in [0.1, 0.15) is 17.7 Å². The fraction of sp³-hybridized carbons (Fsp3) is 0.130. The smallest absolute Gasteiger partial charge is 0.269 e. The molecule has 0 bridgehead atoms. The van der Waals surface area contributed by atoms with Crippen LogP contribution in [0.4, 0.5) is 5.69 Å².